The van der Waals surface area contributed by atoms with Crippen molar-refractivity contribution in [3.8, 4) is 0 Å². The molecule has 0 amide bonds. The molecule has 6 heteroatoms. The molecule has 1 fully saturated rings. The predicted octanol–water partition coefficient (Wildman–Crippen LogP) is 0.951. The fraction of sp³-hybridized carbons (Fsp3) is 0.455. The van der Waals surface area contributed by atoms with Gasteiger partial charge in [0.2, 0.25) is 0 Å². The number of carboxylic acid groups (broad SMARTS) is 1. The maximum Gasteiger partial charge on any atom is 0.337 e. The summed E-state index contributed by atoms with van der Waals surface area (Å²) in [6.07, 6.45) is 3.43. The molecule has 0 atom stereocenters. The highest BCUT2D eigenvalue weighted by atomic mass is 16.5. The molecule has 1 saturated carbocycles. The summed E-state index contributed by atoms with van der Waals surface area (Å²) in [5, 5.41) is 11.9. The third-order valence-corrected chi connectivity index (χ3v) is 2.93. The lowest BCUT2D eigenvalue weighted by molar-refractivity contribution is 0.0328. The highest BCUT2D eigenvalue weighted by Crippen LogP contribution is 2.27. The number of nitrogen functional groups attached to an aromatic ring is 1. The van der Waals surface area contributed by atoms with Gasteiger partial charge in [-0.05, 0) is 18.9 Å². The Morgan fingerprint density at radius 1 is 1.65 bits per heavy atom. The molecule has 92 valence electrons. The first kappa shape index (κ1) is 11.7. The molecular formula is C11H15N3O3. The molecule has 0 spiro atoms. The van der Waals surface area contributed by atoms with Gasteiger partial charge in [0.25, 0.3) is 0 Å². The summed E-state index contributed by atoms with van der Waals surface area (Å²) < 4.78 is 5.17. The maximum atomic E-state index is 10.7. The average molecular weight is 237 g/mol. The average Bonchev–Trinajstić information content (AvgIpc) is 2.24. The molecule has 0 radical (unpaired) electrons. The van der Waals surface area contributed by atoms with Gasteiger partial charge in [-0.3, -0.25) is 0 Å². The number of aromatic carboxylic acids is 1. The van der Waals surface area contributed by atoms with E-state index in [1.807, 2.05) is 0 Å². The number of hydrogen-bond donors (Lipinski definition) is 3. The van der Waals surface area contributed by atoms with Crippen LogP contribution in [0.15, 0.2) is 12.3 Å². The number of rotatable bonds is 4. The highest BCUT2D eigenvalue weighted by Gasteiger charge is 2.29. The molecule has 1 aromatic heterocycles. The molecule has 0 aromatic carbocycles. The van der Waals surface area contributed by atoms with Crippen LogP contribution in [-0.4, -0.2) is 35.3 Å². The minimum atomic E-state index is -1.03. The van der Waals surface area contributed by atoms with Crippen molar-refractivity contribution in [2.75, 3.05) is 18.2 Å². The number of carboxylic acids is 1. The first-order valence-electron chi connectivity index (χ1n) is 5.38. The van der Waals surface area contributed by atoms with E-state index < -0.39 is 5.97 Å². The van der Waals surface area contributed by atoms with E-state index >= 15 is 0 Å². The Morgan fingerprint density at radius 3 is 2.88 bits per heavy atom. The Kier molecular flexibility index (Phi) is 3.14. The molecule has 4 N–H and O–H groups in total. The minimum absolute atomic E-state index is 0.0939. The lowest BCUT2D eigenvalue weighted by Crippen LogP contribution is -2.40. The molecule has 1 aliphatic rings. The smallest absolute Gasteiger partial charge is 0.337 e. The lowest BCUT2D eigenvalue weighted by Gasteiger charge is -2.35. The van der Waals surface area contributed by atoms with Gasteiger partial charge < -0.3 is 20.9 Å². The second-order valence-electron chi connectivity index (χ2n) is 4.14. The maximum absolute atomic E-state index is 10.7. The van der Waals surface area contributed by atoms with Crippen LogP contribution >= 0.6 is 0 Å². The molecule has 6 nitrogen and oxygen atoms in total. The van der Waals surface area contributed by atoms with Gasteiger partial charge in [-0.25, -0.2) is 9.78 Å². The topological polar surface area (TPSA) is 97.5 Å². The molecule has 0 saturated heterocycles. The van der Waals surface area contributed by atoms with Crippen LogP contribution in [0.25, 0.3) is 0 Å². The first-order chi connectivity index (χ1) is 8.10. The SMILES string of the molecule is COC1CC(Nc2ncc(C(=O)O)cc2N)C1. The van der Waals surface area contributed by atoms with Crippen LogP contribution in [0.2, 0.25) is 0 Å². The van der Waals surface area contributed by atoms with Crippen molar-refractivity contribution in [3.63, 3.8) is 0 Å². The second-order valence-corrected chi connectivity index (χ2v) is 4.14. The van der Waals surface area contributed by atoms with Gasteiger partial charge in [-0.2, -0.15) is 0 Å². The van der Waals surface area contributed by atoms with Crippen molar-refractivity contribution < 1.29 is 14.6 Å². The minimum Gasteiger partial charge on any atom is -0.478 e. The van der Waals surface area contributed by atoms with E-state index in [1.54, 1.807) is 7.11 Å². The van der Waals surface area contributed by atoms with Gasteiger partial charge >= 0.3 is 5.97 Å². The summed E-state index contributed by atoms with van der Waals surface area (Å²) in [7, 11) is 1.69. The van der Waals surface area contributed by atoms with Crippen molar-refractivity contribution in [2.45, 2.75) is 25.0 Å². The Labute approximate surface area is 98.8 Å². The number of aromatic nitrogens is 1. The quantitative estimate of drug-likeness (QED) is 0.721. The van der Waals surface area contributed by atoms with Crippen LogP contribution in [-0.2, 0) is 4.74 Å². The van der Waals surface area contributed by atoms with Gasteiger partial charge in [0, 0.05) is 19.3 Å². The normalized spacial score (nSPS) is 22.9. The Bertz CT molecular complexity index is 430. The molecule has 0 aliphatic heterocycles. The number of carbonyl (C=O) groups is 1. The molecule has 0 unspecified atom stereocenters. The number of ether oxygens (including phenoxy) is 1. The number of pyridine rings is 1. The summed E-state index contributed by atoms with van der Waals surface area (Å²) >= 11 is 0. The van der Waals surface area contributed by atoms with Crippen LogP contribution in [0.5, 0.6) is 0 Å². The summed E-state index contributed by atoms with van der Waals surface area (Å²) in [5.74, 6) is -0.492. The third kappa shape index (κ3) is 2.47. The van der Waals surface area contributed by atoms with E-state index in [9.17, 15) is 4.79 Å². The number of nitrogens with zero attached hydrogens (tertiary/aromatic N) is 1. The zero-order valence-corrected chi connectivity index (χ0v) is 9.51. The van der Waals surface area contributed by atoms with Gasteiger partial charge in [0.1, 0.15) is 5.82 Å². The number of nitrogens with one attached hydrogen (secondary N) is 1. The number of methoxy groups -OCH3 is 1. The number of anilines is 2. The molecule has 1 aliphatic carbocycles. The monoisotopic (exact) mass is 237 g/mol. The highest BCUT2D eigenvalue weighted by molar-refractivity contribution is 5.89. The summed E-state index contributed by atoms with van der Waals surface area (Å²) in [4.78, 5) is 14.7. The predicted molar refractivity (Wildman–Crippen MR) is 63.1 cm³/mol. The molecule has 1 heterocycles. The van der Waals surface area contributed by atoms with Crippen LogP contribution in [0.4, 0.5) is 11.5 Å². The summed E-state index contributed by atoms with van der Waals surface area (Å²) in [6, 6.07) is 1.70. The van der Waals surface area contributed by atoms with Crippen molar-refractivity contribution in [1.29, 1.82) is 0 Å². The Balaban J connectivity index is 2.00. The van der Waals surface area contributed by atoms with Crippen LogP contribution in [0, 0.1) is 0 Å². The van der Waals surface area contributed by atoms with Crippen molar-refractivity contribution in [1.82, 2.24) is 4.98 Å². The lowest BCUT2D eigenvalue weighted by atomic mass is 9.89. The molecular weight excluding hydrogens is 222 g/mol. The van der Waals surface area contributed by atoms with E-state index in [1.165, 1.54) is 12.3 Å². The Morgan fingerprint density at radius 2 is 2.35 bits per heavy atom. The van der Waals surface area contributed by atoms with Crippen molar-refractivity contribution in [2.24, 2.45) is 0 Å². The van der Waals surface area contributed by atoms with E-state index in [-0.39, 0.29) is 5.56 Å². The summed E-state index contributed by atoms with van der Waals surface area (Å²) in [6.45, 7) is 0. The van der Waals surface area contributed by atoms with Crippen LogP contribution in [0.1, 0.15) is 23.2 Å². The number of hydrogen-bond acceptors (Lipinski definition) is 5. The standard InChI is InChI=1S/C11H15N3O3/c1-17-8-3-7(4-8)14-10-9(12)2-6(5-13-10)11(15)16/h2,5,7-8H,3-4,12H2,1H3,(H,13,14)(H,15,16). The van der Waals surface area contributed by atoms with Gasteiger partial charge in [0.15, 0.2) is 0 Å². The fourth-order valence-electron chi connectivity index (χ4n) is 1.79. The molecule has 2 rings (SSSR count). The van der Waals surface area contributed by atoms with E-state index in [0.29, 0.717) is 23.7 Å². The largest absolute Gasteiger partial charge is 0.478 e. The van der Waals surface area contributed by atoms with E-state index in [4.69, 9.17) is 15.6 Å². The summed E-state index contributed by atoms with van der Waals surface area (Å²) in [5.41, 5.74) is 6.18. The Hall–Kier alpha value is -1.82. The molecule has 0 bridgehead atoms. The zero-order chi connectivity index (χ0) is 12.4. The number of nitrogens with two attached hydrogens (primary N) is 1. The van der Waals surface area contributed by atoms with Crippen molar-refractivity contribution >= 4 is 17.5 Å². The zero-order valence-electron chi connectivity index (χ0n) is 9.51. The van der Waals surface area contributed by atoms with E-state index in [0.717, 1.165) is 12.8 Å². The van der Waals surface area contributed by atoms with Gasteiger partial charge in [-0.1, -0.05) is 0 Å². The molecule has 17 heavy (non-hydrogen) atoms. The molecule has 1 aromatic rings. The second kappa shape index (κ2) is 4.58. The van der Waals surface area contributed by atoms with Gasteiger partial charge in [0.05, 0.1) is 17.4 Å². The van der Waals surface area contributed by atoms with E-state index in [2.05, 4.69) is 10.3 Å². The van der Waals surface area contributed by atoms with Crippen LogP contribution < -0.4 is 11.1 Å². The fourth-order valence-corrected chi connectivity index (χ4v) is 1.79. The third-order valence-electron chi connectivity index (χ3n) is 2.93. The van der Waals surface area contributed by atoms with Crippen molar-refractivity contribution in [3.05, 3.63) is 17.8 Å². The van der Waals surface area contributed by atoms with Gasteiger partial charge in [-0.15, -0.1) is 0 Å². The first-order valence-corrected chi connectivity index (χ1v) is 5.38. The van der Waals surface area contributed by atoms with Crippen LogP contribution in [0.3, 0.4) is 0 Å².